The summed E-state index contributed by atoms with van der Waals surface area (Å²) >= 11 is 0. The Kier molecular flexibility index (Phi) is 12.9. The smallest absolute Gasteiger partial charge is 0.407 e. The number of aliphatic hydroxyl groups is 1. The zero-order valence-corrected chi connectivity index (χ0v) is 26.3. The Morgan fingerprint density at radius 2 is 1.41 bits per heavy atom. The average Bonchev–Trinajstić information content (AvgIpc) is 2.98. The molecule has 0 bridgehead atoms. The van der Waals surface area contributed by atoms with E-state index in [1.807, 2.05) is 80.6 Å². The molecule has 0 fully saturated rings. The molecule has 1 aromatic heterocycles. The Balaban J connectivity index is 1.80. The molecule has 9 heteroatoms. The number of hydrogen-bond donors (Lipinski definition) is 4. The van der Waals surface area contributed by atoms with Crippen LogP contribution < -0.4 is 16.0 Å². The fraction of sp³-hybridized carbons (Fsp3) is 0.429. The van der Waals surface area contributed by atoms with E-state index in [0.29, 0.717) is 12.8 Å². The number of nitrogens with one attached hydrogen (secondary N) is 3. The van der Waals surface area contributed by atoms with Crippen LogP contribution >= 0.6 is 0 Å². The molecule has 4 N–H and O–H groups in total. The fourth-order valence-corrected chi connectivity index (χ4v) is 4.86. The van der Waals surface area contributed by atoms with E-state index in [-0.39, 0.29) is 30.7 Å². The summed E-state index contributed by atoms with van der Waals surface area (Å²) in [7, 11) is 0. The van der Waals surface area contributed by atoms with Crippen LogP contribution in [0.15, 0.2) is 85.2 Å². The third kappa shape index (κ3) is 11.8. The Morgan fingerprint density at radius 1 is 0.818 bits per heavy atom. The van der Waals surface area contributed by atoms with Crippen LogP contribution in [0.4, 0.5) is 4.79 Å². The van der Waals surface area contributed by atoms with Crippen molar-refractivity contribution < 1.29 is 24.2 Å². The number of nitrogens with zero attached hydrogens (tertiary/aromatic N) is 1. The molecule has 0 aliphatic heterocycles. The largest absolute Gasteiger partial charge is 0.444 e. The van der Waals surface area contributed by atoms with Crippen molar-refractivity contribution in [3.8, 4) is 0 Å². The van der Waals surface area contributed by atoms with Gasteiger partial charge in [-0.05, 0) is 68.7 Å². The third-order valence-electron chi connectivity index (χ3n) is 7.12. The summed E-state index contributed by atoms with van der Waals surface area (Å²) in [6.07, 6.45) is 2.35. The van der Waals surface area contributed by atoms with E-state index in [1.54, 1.807) is 39.2 Å². The number of rotatable bonds is 14. The number of carbonyl (C=O) groups excluding carboxylic acids is 3. The van der Waals surface area contributed by atoms with Crippen molar-refractivity contribution >= 4 is 17.9 Å². The van der Waals surface area contributed by atoms with Gasteiger partial charge in [0.1, 0.15) is 11.6 Å². The maximum atomic E-state index is 13.8. The summed E-state index contributed by atoms with van der Waals surface area (Å²) in [5.41, 5.74) is 1.97. The summed E-state index contributed by atoms with van der Waals surface area (Å²) < 4.78 is 5.48. The molecule has 1 heterocycles. The predicted octanol–water partition coefficient (Wildman–Crippen LogP) is 4.58. The van der Waals surface area contributed by atoms with Crippen molar-refractivity contribution in [2.45, 2.75) is 84.2 Å². The molecule has 0 spiro atoms. The molecule has 0 saturated carbocycles. The van der Waals surface area contributed by atoms with Crippen molar-refractivity contribution in [1.82, 2.24) is 20.9 Å². The first-order valence-electron chi connectivity index (χ1n) is 15.1. The lowest BCUT2D eigenvalue weighted by molar-refractivity contribution is -0.132. The molecule has 44 heavy (non-hydrogen) atoms. The highest BCUT2D eigenvalue weighted by Crippen LogP contribution is 2.20. The zero-order chi connectivity index (χ0) is 32.1. The predicted molar refractivity (Wildman–Crippen MR) is 170 cm³/mol. The number of aliphatic hydroxyl groups excluding tert-OH is 1. The van der Waals surface area contributed by atoms with Gasteiger partial charge in [0.15, 0.2) is 0 Å². The Hall–Kier alpha value is -4.24. The molecule has 3 amide bonds. The first-order valence-corrected chi connectivity index (χ1v) is 15.1. The highest BCUT2D eigenvalue weighted by molar-refractivity contribution is 5.88. The molecule has 0 saturated heterocycles. The van der Waals surface area contributed by atoms with Gasteiger partial charge in [-0.25, -0.2) is 4.79 Å². The number of benzene rings is 2. The zero-order valence-electron chi connectivity index (χ0n) is 26.3. The van der Waals surface area contributed by atoms with Crippen LogP contribution in [0.2, 0.25) is 0 Å². The maximum Gasteiger partial charge on any atom is 0.407 e. The van der Waals surface area contributed by atoms with Gasteiger partial charge in [0.25, 0.3) is 0 Å². The summed E-state index contributed by atoms with van der Waals surface area (Å²) in [5.74, 6) is -1.52. The van der Waals surface area contributed by atoms with Crippen LogP contribution in [0.1, 0.15) is 57.7 Å². The number of pyridine rings is 1. The van der Waals surface area contributed by atoms with Gasteiger partial charge in [-0.1, -0.05) is 80.6 Å². The highest BCUT2D eigenvalue weighted by Gasteiger charge is 2.32. The Labute approximate surface area is 260 Å². The van der Waals surface area contributed by atoms with Crippen LogP contribution in [0, 0.1) is 11.8 Å². The number of ether oxygens (including phenoxy) is 1. The number of aromatic nitrogens is 1. The lowest BCUT2D eigenvalue weighted by Crippen LogP contribution is -2.52. The van der Waals surface area contributed by atoms with Crippen molar-refractivity contribution in [2.75, 3.05) is 0 Å². The normalized spacial score (nSPS) is 14.2. The molecule has 0 unspecified atom stereocenters. The van der Waals surface area contributed by atoms with E-state index in [2.05, 4.69) is 20.9 Å². The van der Waals surface area contributed by atoms with Crippen molar-refractivity contribution in [3.05, 3.63) is 102 Å². The van der Waals surface area contributed by atoms with Gasteiger partial charge in [-0.3, -0.25) is 14.6 Å². The maximum absolute atomic E-state index is 13.8. The molecule has 236 valence electrons. The lowest BCUT2D eigenvalue weighted by atomic mass is 9.88. The second kappa shape index (κ2) is 16.6. The minimum absolute atomic E-state index is 0.0517. The highest BCUT2D eigenvalue weighted by atomic mass is 16.6. The molecule has 4 atom stereocenters. The minimum Gasteiger partial charge on any atom is -0.444 e. The average molecular weight is 603 g/mol. The van der Waals surface area contributed by atoms with Crippen molar-refractivity contribution in [2.24, 2.45) is 11.8 Å². The van der Waals surface area contributed by atoms with E-state index in [9.17, 15) is 19.5 Å². The van der Waals surface area contributed by atoms with Crippen LogP contribution in [0.3, 0.4) is 0 Å². The molecule has 0 aliphatic carbocycles. The van der Waals surface area contributed by atoms with Gasteiger partial charge in [-0.2, -0.15) is 0 Å². The van der Waals surface area contributed by atoms with Crippen LogP contribution in [0.25, 0.3) is 0 Å². The number of alkyl carbamates (subject to hydrolysis) is 1. The lowest BCUT2D eigenvalue weighted by Gasteiger charge is -2.30. The first-order chi connectivity index (χ1) is 20.9. The molecule has 3 rings (SSSR count). The quantitative estimate of drug-likeness (QED) is 0.214. The molecular formula is C35H46N4O5. The van der Waals surface area contributed by atoms with Gasteiger partial charge in [-0.15, -0.1) is 0 Å². The summed E-state index contributed by atoms with van der Waals surface area (Å²) in [6, 6.07) is 21.2. The van der Waals surface area contributed by atoms with Crippen molar-refractivity contribution in [1.29, 1.82) is 0 Å². The summed E-state index contributed by atoms with van der Waals surface area (Å²) in [5, 5.41) is 20.2. The van der Waals surface area contributed by atoms with Gasteiger partial charge in [0, 0.05) is 24.9 Å². The Bertz CT molecular complexity index is 1310. The van der Waals surface area contributed by atoms with Gasteiger partial charge >= 0.3 is 6.09 Å². The SMILES string of the molecule is CC(C)[C@H](NC(=O)[C@H](Cc1ccccc1)C[C@H](O)[C@H](Cc1ccccc1)NC(=O)OC(C)(C)C)C(=O)NCc1cccnc1. The van der Waals surface area contributed by atoms with Gasteiger partial charge in [0.05, 0.1) is 12.1 Å². The van der Waals surface area contributed by atoms with Crippen LogP contribution in [0.5, 0.6) is 0 Å². The van der Waals surface area contributed by atoms with Gasteiger partial charge in [0.2, 0.25) is 11.8 Å². The van der Waals surface area contributed by atoms with Gasteiger partial charge < -0.3 is 25.8 Å². The van der Waals surface area contributed by atoms with E-state index in [4.69, 9.17) is 4.74 Å². The fourth-order valence-electron chi connectivity index (χ4n) is 4.86. The molecule has 2 aromatic carbocycles. The Morgan fingerprint density at radius 3 is 1.95 bits per heavy atom. The molecule has 3 aromatic rings. The van der Waals surface area contributed by atoms with Crippen LogP contribution in [-0.4, -0.2) is 51.8 Å². The van der Waals surface area contributed by atoms with E-state index >= 15 is 0 Å². The second-order valence-corrected chi connectivity index (χ2v) is 12.4. The first kappa shape index (κ1) is 34.3. The molecular weight excluding hydrogens is 556 g/mol. The molecule has 0 aliphatic rings. The third-order valence-corrected chi connectivity index (χ3v) is 7.12. The number of carbonyl (C=O) groups is 3. The van der Waals surface area contributed by atoms with E-state index in [0.717, 1.165) is 16.7 Å². The second-order valence-electron chi connectivity index (χ2n) is 12.4. The van der Waals surface area contributed by atoms with E-state index in [1.165, 1.54) is 0 Å². The summed E-state index contributed by atoms with van der Waals surface area (Å²) in [6.45, 7) is 9.34. The topological polar surface area (TPSA) is 130 Å². The molecule has 9 nitrogen and oxygen atoms in total. The van der Waals surface area contributed by atoms with Crippen molar-refractivity contribution in [3.63, 3.8) is 0 Å². The van der Waals surface area contributed by atoms with E-state index < -0.39 is 35.8 Å². The standard InChI is InChI=1S/C35H46N4O5/c1-24(2)31(33(42)37-23-27-17-12-18-36-22-27)39-32(41)28(19-25-13-8-6-9-14-25)21-30(40)29(20-26-15-10-7-11-16-26)38-34(43)44-35(3,4)5/h6-18,22,24,28-31,40H,19-21,23H2,1-5H3,(H,37,42)(H,38,43)(H,39,41)/t28-,29+,30+,31+/m1/s1. The number of hydrogen-bond acceptors (Lipinski definition) is 6. The van der Waals surface area contributed by atoms with Crippen LogP contribution in [-0.2, 0) is 33.7 Å². The summed E-state index contributed by atoms with van der Waals surface area (Å²) in [4.78, 5) is 43.9. The molecule has 0 radical (unpaired) electrons. The number of amides is 3. The monoisotopic (exact) mass is 602 g/mol. The minimum atomic E-state index is -1.08.